The van der Waals surface area contributed by atoms with E-state index < -0.39 is 0 Å². The van der Waals surface area contributed by atoms with Gasteiger partial charge in [0.2, 0.25) is 11.8 Å². The summed E-state index contributed by atoms with van der Waals surface area (Å²) in [5, 5.41) is 11.2. The number of hydrogen-bond donors (Lipinski definition) is 1. The molecule has 72 valence electrons. The Labute approximate surface area is 77.7 Å². The van der Waals surface area contributed by atoms with Gasteiger partial charge in [0, 0.05) is 19.4 Å². The van der Waals surface area contributed by atoms with Crippen LogP contribution in [0, 0.1) is 6.92 Å². The second-order valence-electron chi connectivity index (χ2n) is 3.55. The quantitative estimate of drug-likeness (QED) is 0.690. The van der Waals surface area contributed by atoms with E-state index in [0.29, 0.717) is 5.89 Å². The van der Waals surface area contributed by atoms with Gasteiger partial charge in [-0.05, 0) is 25.8 Å². The summed E-state index contributed by atoms with van der Waals surface area (Å²) in [4.78, 5) is 0. The molecule has 1 aromatic heterocycles. The Morgan fingerprint density at radius 3 is 2.92 bits per heavy atom. The molecule has 1 saturated carbocycles. The van der Waals surface area contributed by atoms with Crippen molar-refractivity contribution in [2.75, 3.05) is 6.54 Å². The molecule has 0 atom stereocenters. The van der Waals surface area contributed by atoms with Crippen LogP contribution < -0.4 is 5.32 Å². The first-order valence-corrected chi connectivity index (χ1v) is 4.87. The molecule has 13 heavy (non-hydrogen) atoms. The van der Waals surface area contributed by atoms with E-state index in [2.05, 4.69) is 15.5 Å². The molecular formula is C9H15N3O. The van der Waals surface area contributed by atoms with Gasteiger partial charge in [-0.15, -0.1) is 10.2 Å². The average Bonchev–Trinajstić information content (AvgIpc) is 2.84. The Balaban J connectivity index is 1.61. The van der Waals surface area contributed by atoms with Crippen LogP contribution in [0.3, 0.4) is 0 Å². The third-order valence-electron chi connectivity index (χ3n) is 2.15. The summed E-state index contributed by atoms with van der Waals surface area (Å²) >= 11 is 0. The molecule has 4 nitrogen and oxygen atoms in total. The highest BCUT2D eigenvalue weighted by Gasteiger charge is 2.19. The van der Waals surface area contributed by atoms with Crippen molar-refractivity contribution in [1.29, 1.82) is 0 Å². The Hall–Kier alpha value is -0.900. The lowest BCUT2D eigenvalue weighted by Crippen LogP contribution is -2.17. The minimum absolute atomic E-state index is 0.658. The molecule has 0 aliphatic heterocycles. The zero-order chi connectivity index (χ0) is 9.10. The Bertz CT molecular complexity index is 268. The third-order valence-corrected chi connectivity index (χ3v) is 2.15. The summed E-state index contributed by atoms with van der Waals surface area (Å²) in [7, 11) is 0. The van der Waals surface area contributed by atoms with Gasteiger partial charge >= 0.3 is 0 Å². The van der Waals surface area contributed by atoms with Crippen LogP contribution in [0.4, 0.5) is 0 Å². The van der Waals surface area contributed by atoms with E-state index in [1.165, 1.54) is 12.8 Å². The topological polar surface area (TPSA) is 51.0 Å². The fourth-order valence-corrected chi connectivity index (χ4v) is 1.27. The SMILES string of the molecule is Cc1nnc(CCCNC2CC2)o1. The van der Waals surface area contributed by atoms with Crippen LogP contribution in [0.2, 0.25) is 0 Å². The van der Waals surface area contributed by atoms with E-state index in [1.54, 1.807) is 0 Å². The molecule has 1 heterocycles. The highest BCUT2D eigenvalue weighted by Crippen LogP contribution is 2.18. The number of nitrogens with one attached hydrogen (secondary N) is 1. The molecule has 2 rings (SSSR count). The van der Waals surface area contributed by atoms with Gasteiger partial charge in [0.25, 0.3) is 0 Å². The van der Waals surface area contributed by atoms with Crippen LogP contribution in [-0.4, -0.2) is 22.8 Å². The molecule has 0 bridgehead atoms. The fourth-order valence-electron chi connectivity index (χ4n) is 1.27. The van der Waals surface area contributed by atoms with E-state index in [9.17, 15) is 0 Å². The van der Waals surface area contributed by atoms with E-state index in [1.807, 2.05) is 6.92 Å². The summed E-state index contributed by atoms with van der Waals surface area (Å²) in [6, 6.07) is 0.796. The van der Waals surface area contributed by atoms with E-state index in [4.69, 9.17) is 4.42 Å². The number of aryl methyl sites for hydroxylation is 2. The summed E-state index contributed by atoms with van der Waals surface area (Å²) in [6.07, 6.45) is 4.66. The van der Waals surface area contributed by atoms with Gasteiger partial charge in [-0.2, -0.15) is 0 Å². The Morgan fingerprint density at radius 2 is 2.31 bits per heavy atom. The van der Waals surface area contributed by atoms with Crippen LogP contribution in [-0.2, 0) is 6.42 Å². The van der Waals surface area contributed by atoms with Crippen molar-refractivity contribution in [3.63, 3.8) is 0 Å². The average molecular weight is 181 g/mol. The van der Waals surface area contributed by atoms with Gasteiger partial charge in [0.05, 0.1) is 0 Å². The molecule has 1 aliphatic rings. The zero-order valence-corrected chi connectivity index (χ0v) is 7.92. The second kappa shape index (κ2) is 3.87. The molecule has 4 heteroatoms. The molecule has 0 aromatic carbocycles. The molecule has 1 aromatic rings. The Kier molecular flexibility index (Phi) is 2.59. The highest BCUT2D eigenvalue weighted by atomic mass is 16.4. The molecule has 0 radical (unpaired) electrons. The number of nitrogens with zero attached hydrogens (tertiary/aromatic N) is 2. The van der Waals surface area contributed by atoms with Crippen molar-refractivity contribution in [2.24, 2.45) is 0 Å². The molecule has 1 aliphatic carbocycles. The monoisotopic (exact) mass is 181 g/mol. The fraction of sp³-hybridized carbons (Fsp3) is 0.778. The first-order chi connectivity index (χ1) is 6.34. The minimum Gasteiger partial charge on any atom is -0.426 e. The molecule has 0 spiro atoms. The van der Waals surface area contributed by atoms with Gasteiger partial charge in [-0.3, -0.25) is 0 Å². The maximum Gasteiger partial charge on any atom is 0.216 e. The van der Waals surface area contributed by atoms with E-state index >= 15 is 0 Å². The molecule has 0 amide bonds. The lowest BCUT2D eigenvalue weighted by atomic mass is 10.3. The van der Waals surface area contributed by atoms with Crippen molar-refractivity contribution in [2.45, 2.75) is 38.6 Å². The van der Waals surface area contributed by atoms with E-state index in [0.717, 1.165) is 31.3 Å². The van der Waals surface area contributed by atoms with Gasteiger partial charge in [0.1, 0.15) is 0 Å². The highest BCUT2D eigenvalue weighted by molar-refractivity contribution is 4.82. The van der Waals surface area contributed by atoms with Gasteiger partial charge < -0.3 is 9.73 Å². The summed E-state index contributed by atoms with van der Waals surface area (Å²) < 4.78 is 5.26. The molecule has 1 N–H and O–H groups in total. The smallest absolute Gasteiger partial charge is 0.216 e. The maximum atomic E-state index is 5.26. The number of rotatable bonds is 5. The van der Waals surface area contributed by atoms with Crippen molar-refractivity contribution in [1.82, 2.24) is 15.5 Å². The summed E-state index contributed by atoms with van der Waals surface area (Å²) in [6.45, 7) is 2.88. The summed E-state index contributed by atoms with van der Waals surface area (Å²) in [5.41, 5.74) is 0. The predicted molar refractivity (Wildman–Crippen MR) is 48.4 cm³/mol. The lowest BCUT2D eigenvalue weighted by Gasteiger charge is -1.98. The molecule has 1 fully saturated rings. The van der Waals surface area contributed by atoms with Crippen LogP contribution >= 0.6 is 0 Å². The lowest BCUT2D eigenvalue weighted by molar-refractivity contribution is 0.458. The van der Waals surface area contributed by atoms with Crippen LogP contribution in [0.5, 0.6) is 0 Å². The van der Waals surface area contributed by atoms with Crippen LogP contribution in [0.25, 0.3) is 0 Å². The van der Waals surface area contributed by atoms with Crippen molar-refractivity contribution >= 4 is 0 Å². The normalized spacial score (nSPS) is 16.4. The number of hydrogen-bond acceptors (Lipinski definition) is 4. The Morgan fingerprint density at radius 1 is 1.46 bits per heavy atom. The van der Waals surface area contributed by atoms with Gasteiger partial charge in [0.15, 0.2) is 0 Å². The second-order valence-corrected chi connectivity index (χ2v) is 3.55. The van der Waals surface area contributed by atoms with Crippen LogP contribution in [0.1, 0.15) is 31.0 Å². The zero-order valence-electron chi connectivity index (χ0n) is 7.92. The largest absolute Gasteiger partial charge is 0.426 e. The number of aromatic nitrogens is 2. The van der Waals surface area contributed by atoms with Crippen molar-refractivity contribution in [3.05, 3.63) is 11.8 Å². The molecule has 0 unspecified atom stereocenters. The van der Waals surface area contributed by atoms with Crippen molar-refractivity contribution < 1.29 is 4.42 Å². The van der Waals surface area contributed by atoms with Gasteiger partial charge in [-0.25, -0.2) is 0 Å². The minimum atomic E-state index is 0.658. The predicted octanol–water partition coefficient (Wildman–Crippen LogP) is 1.06. The van der Waals surface area contributed by atoms with E-state index in [-0.39, 0.29) is 0 Å². The maximum absolute atomic E-state index is 5.26. The third kappa shape index (κ3) is 2.81. The molecular weight excluding hydrogens is 166 g/mol. The van der Waals surface area contributed by atoms with Crippen LogP contribution in [0.15, 0.2) is 4.42 Å². The summed E-state index contributed by atoms with van der Waals surface area (Å²) in [5.74, 6) is 1.42. The van der Waals surface area contributed by atoms with Crippen molar-refractivity contribution in [3.8, 4) is 0 Å². The standard InChI is InChI=1S/C9H15N3O/c1-7-11-12-9(13-7)3-2-6-10-8-4-5-8/h8,10H,2-6H2,1H3. The first kappa shape index (κ1) is 8.69. The first-order valence-electron chi connectivity index (χ1n) is 4.87. The van der Waals surface area contributed by atoms with Gasteiger partial charge in [-0.1, -0.05) is 0 Å². The molecule has 0 saturated heterocycles.